The molecular formula is C16H19N3O2S. The SMILES string of the molecule is Cc1ccc(-c2csc(N3CCCC(C)C3)n2)cc1[N+](=O)[O-]. The van der Waals surface area contributed by atoms with Crippen molar-refractivity contribution in [3.8, 4) is 11.3 Å². The van der Waals surface area contributed by atoms with Gasteiger partial charge in [-0.15, -0.1) is 11.3 Å². The molecule has 2 heterocycles. The van der Waals surface area contributed by atoms with Gasteiger partial charge in [0.25, 0.3) is 5.69 Å². The molecule has 1 saturated heterocycles. The molecule has 0 amide bonds. The van der Waals surface area contributed by atoms with Gasteiger partial charge in [-0.05, 0) is 25.7 Å². The third kappa shape index (κ3) is 2.97. The standard InChI is InChI=1S/C16H19N3O2S/c1-11-4-3-7-18(9-11)16-17-14(10-22-16)13-6-5-12(2)15(8-13)19(20)21/h5-6,8,10-11H,3-4,7,9H2,1-2H3. The summed E-state index contributed by atoms with van der Waals surface area (Å²) in [5.74, 6) is 0.696. The zero-order valence-corrected chi connectivity index (χ0v) is 13.6. The van der Waals surface area contributed by atoms with E-state index in [1.165, 1.54) is 12.8 Å². The largest absolute Gasteiger partial charge is 0.348 e. The van der Waals surface area contributed by atoms with Crippen LogP contribution < -0.4 is 4.90 Å². The van der Waals surface area contributed by atoms with Gasteiger partial charge in [-0.25, -0.2) is 4.98 Å². The van der Waals surface area contributed by atoms with Crippen LogP contribution in [0.3, 0.4) is 0 Å². The molecule has 0 bridgehead atoms. The molecule has 1 aliphatic heterocycles. The number of hydrogen-bond donors (Lipinski definition) is 0. The first-order valence-corrected chi connectivity index (χ1v) is 8.38. The summed E-state index contributed by atoms with van der Waals surface area (Å²) in [6, 6.07) is 5.31. The van der Waals surface area contributed by atoms with Gasteiger partial charge in [0.05, 0.1) is 10.6 Å². The molecular weight excluding hydrogens is 298 g/mol. The van der Waals surface area contributed by atoms with Gasteiger partial charge in [0, 0.05) is 35.7 Å². The molecule has 116 valence electrons. The first kappa shape index (κ1) is 15.0. The number of piperidine rings is 1. The topological polar surface area (TPSA) is 59.3 Å². The van der Waals surface area contributed by atoms with E-state index in [0.717, 1.165) is 29.5 Å². The van der Waals surface area contributed by atoms with Crippen molar-refractivity contribution in [3.05, 3.63) is 39.3 Å². The Hall–Kier alpha value is -1.95. The fourth-order valence-electron chi connectivity index (χ4n) is 2.87. The van der Waals surface area contributed by atoms with Crippen LogP contribution in [0.1, 0.15) is 25.3 Å². The minimum Gasteiger partial charge on any atom is -0.348 e. The Morgan fingerprint density at radius 3 is 3.00 bits per heavy atom. The average Bonchev–Trinajstić information content (AvgIpc) is 2.97. The van der Waals surface area contributed by atoms with Crippen LogP contribution >= 0.6 is 11.3 Å². The molecule has 1 atom stereocenters. The van der Waals surface area contributed by atoms with E-state index in [9.17, 15) is 10.1 Å². The molecule has 0 N–H and O–H groups in total. The van der Waals surface area contributed by atoms with Gasteiger partial charge >= 0.3 is 0 Å². The first-order valence-electron chi connectivity index (χ1n) is 7.50. The number of nitro groups is 1. The number of aromatic nitrogens is 1. The lowest BCUT2D eigenvalue weighted by Gasteiger charge is -2.30. The summed E-state index contributed by atoms with van der Waals surface area (Å²) in [7, 11) is 0. The number of thiazole rings is 1. The molecule has 5 nitrogen and oxygen atoms in total. The lowest BCUT2D eigenvalue weighted by Crippen LogP contribution is -2.34. The highest BCUT2D eigenvalue weighted by molar-refractivity contribution is 7.14. The van der Waals surface area contributed by atoms with Crippen LogP contribution in [0.25, 0.3) is 11.3 Å². The minimum absolute atomic E-state index is 0.152. The van der Waals surface area contributed by atoms with Gasteiger partial charge in [-0.2, -0.15) is 0 Å². The second-order valence-electron chi connectivity index (χ2n) is 5.97. The average molecular weight is 317 g/mol. The normalized spacial score (nSPS) is 18.5. The van der Waals surface area contributed by atoms with Gasteiger partial charge in [-0.1, -0.05) is 19.1 Å². The Morgan fingerprint density at radius 2 is 2.27 bits per heavy atom. The van der Waals surface area contributed by atoms with Gasteiger partial charge in [0.2, 0.25) is 0 Å². The molecule has 0 radical (unpaired) electrons. The van der Waals surface area contributed by atoms with Crippen LogP contribution in [0.4, 0.5) is 10.8 Å². The van der Waals surface area contributed by atoms with E-state index in [0.29, 0.717) is 11.5 Å². The molecule has 1 unspecified atom stereocenters. The van der Waals surface area contributed by atoms with Gasteiger partial charge in [-0.3, -0.25) is 10.1 Å². The number of hydrogen-bond acceptors (Lipinski definition) is 5. The van der Waals surface area contributed by atoms with Crippen molar-refractivity contribution >= 4 is 22.2 Å². The van der Waals surface area contributed by atoms with Gasteiger partial charge in [0.15, 0.2) is 5.13 Å². The Bertz CT molecular complexity index is 698. The maximum atomic E-state index is 11.1. The predicted octanol–water partition coefficient (Wildman–Crippen LogP) is 4.26. The van der Waals surface area contributed by atoms with E-state index in [1.54, 1.807) is 30.4 Å². The molecule has 0 aliphatic carbocycles. The van der Waals surface area contributed by atoms with Crippen LogP contribution in [0, 0.1) is 23.0 Å². The van der Waals surface area contributed by atoms with Gasteiger partial charge in [0.1, 0.15) is 0 Å². The van der Waals surface area contributed by atoms with Crippen molar-refractivity contribution in [2.45, 2.75) is 26.7 Å². The maximum Gasteiger partial charge on any atom is 0.272 e. The first-order chi connectivity index (χ1) is 10.5. The number of benzene rings is 1. The molecule has 3 rings (SSSR count). The van der Waals surface area contributed by atoms with Crippen molar-refractivity contribution in [2.75, 3.05) is 18.0 Å². The second kappa shape index (κ2) is 6.04. The number of nitro benzene ring substituents is 1. The number of nitrogens with zero attached hydrogens (tertiary/aromatic N) is 3. The van der Waals surface area contributed by atoms with Crippen molar-refractivity contribution in [2.24, 2.45) is 5.92 Å². The Balaban J connectivity index is 1.87. The van der Waals surface area contributed by atoms with Crippen LogP contribution in [-0.4, -0.2) is 23.0 Å². The minimum atomic E-state index is -0.335. The molecule has 2 aromatic rings. The Kier molecular flexibility index (Phi) is 4.11. The van der Waals surface area contributed by atoms with E-state index in [1.807, 2.05) is 11.4 Å². The summed E-state index contributed by atoms with van der Waals surface area (Å²) in [6.07, 6.45) is 2.48. The van der Waals surface area contributed by atoms with Crippen LogP contribution in [0.2, 0.25) is 0 Å². The highest BCUT2D eigenvalue weighted by Gasteiger charge is 2.20. The zero-order chi connectivity index (χ0) is 15.7. The number of anilines is 1. The van der Waals surface area contributed by atoms with E-state index >= 15 is 0 Å². The molecule has 1 aliphatic rings. The molecule has 6 heteroatoms. The zero-order valence-electron chi connectivity index (χ0n) is 12.8. The Labute approximate surface area is 133 Å². The summed E-state index contributed by atoms with van der Waals surface area (Å²) in [5.41, 5.74) is 2.46. The highest BCUT2D eigenvalue weighted by Crippen LogP contribution is 2.32. The van der Waals surface area contributed by atoms with Gasteiger partial charge < -0.3 is 4.90 Å². The Morgan fingerprint density at radius 1 is 1.45 bits per heavy atom. The van der Waals surface area contributed by atoms with Crippen molar-refractivity contribution in [3.63, 3.8) is 0 Å². The molecule has 22 heavy (non-hydrogen) atoms. The van der Waals surface area contributed by atoms with Crippen molar-refractivity contribution < 1.29 is 4.92 Å². The quantitative estimate of drug-likeness (QED) is 0.627. The fourth-order valence-corrected chi connectivity index (χ4v) is 3.74. The number of rotatable bonds is 3. The van der Waals surface area contributed by atoms with Crippen LogP contribution in [-0.2, 0) is 0 Å². The smallest absolute Gasteiger partial charge is 0.272 e. The summed E-state index contributed by atoms with van der Waals surface area (Å²) in [5, 5.41) is 14.1. The van der Waals surface area contributed by atoms with Crippen LogP contribution in [0.15, 0.2) is 23.6 Å². The third-order valence-electron chi connectivity index (χ3n) is 4.12. The van der Waals surface area contributed by atoms with Crippen molar-refractivity contribution in [1.29, 1.82) is 0 Å². The lowest BCUT2D eigenvalue weighted by atomic mass is 10.0. The summed E-state index contributed by atoms with van der Waals surface area (Å²) in [6.45, 7) is 6.11. The molecule has 0 saturated carbocycles. The summed E-state index contributed by atoms with van der Waals surface area (Å²) >= 11 is 1.62. The molecule has 0 spiro atoms. The molecule has 1 fully saturated rings. The second-order valence-corrected chi connectivity index (χ2v) is 6.80. The van der Waals surface area contributed by atoms with Crippen LogP contribution in [0.5, 0.6) is 0 Å². The monoisotopic (exact) mass is 317 g/mol. The van der Waals surface area contributed by atoms with E-state index < -0.39 is 0 Å². The lowest BCUT2D eigenvalue weighted by molar-refractivity contribution is -0.385. The summed E-state index contributed by atoms with van der Waals surface area (Å²) in [4.78, 5) is 17.8. The van der Waals surface area contributed by atoms with E-state index in [2.05, 4.69) is 11.8 Å². The summed E-state index contributed by atoms with van der Waals surface area (Å²) < 4.78 is 0. The molecule has 1 aromatic carbocycles. The number of aryl methyl sites for hydroxylation is 1. The maximum absolute atomic E-state index is 11.1. The highest BCUT2D eigenvalue weighted by atomic mass is 32.1. The predicted molar refractivity (Wildman–Crippen MR) is 89.6 cm³/mol. The van der Waals surface area contributed by atoms with E-state index in [-0.39, 0.29) is 10.6 Å². The van der Waals surface area contributed by atoms with Crippen molar-refractivity contribution in [1.82, 2.24) is 4.98 Å². The molecule has 1 aromatic heterocycles. The fraction of sp³-hybridized carbons (Fsp3) is 0.438. The third-order valence-corrected chi connectivity index (χ3v) is 5.02. The van der Waals surface area contributed by atoms with E-state index in [4.69, 9.17) is 4.98 Å².